The Morgan fingerprint density at radius 3 is 2.19 bits per heavy atom. The number of benzene rings is 2. The Morgan fingerprint density at radius 1 is 1.04 bits per heavy atom. The van der Waals surface area contributed by atoms with E-state index in [1.54, 1.807) is 12.1 Å². The van der Waals surface area contributed by atoms with Crippen molar-refractivity contribution in [3.05, 3.63) is 48.0 Å². The summed E-state index contributed by atoms with van der Waals surface area (Å²) in [4.78, 5) is 1.97. The normalized spacial score (nSPS) is 12.5. The van der Waals surface area contributed by atoms with Gasteiger partial charge in [0.15, 0.2) is 11.5 Å². The Hall–Kier alpha value is -2.29. The van der Waals surface area contributed by atoms with Crippen molar-refractivity contribution < 1.29 is 23.0 Å². The molecule has 0 aliphatic heterocycles. The molecule has 0 saturated heterocycles. The summed E-state index contributed by atoms with van der Waals surface area (Å²) in [7, 11) is 2.95. The molecule has 7 nitrogen and oxygen atoms in total. The number of methoxy groups -OCH3 is 2. The lowest BCUT2D eigenvalue weighted by Crippen LogP contribution is -2.28. The van der Waals surface area contributed by atoms with E-state index in [2.05, 4.69) is 4.72 Å². The molecular weight excluding hydrogens is 356 g/mol. The molecule has 2 rings (SSSR count). The molecule has 0 spiro atoms. The zero-order valence-electron chi connectivity index (χ0n) is 15.3. The summed E-state index contributed by atoms with van der Waals surface area (Å²) in [6.45, 7) is -0.141. The van der Waals surface area contributed by atoms with Gasteiger partial charge in [0.2, 0.25) is 10.0 Å². The molecule has 0 heterocycles. The van der Waals surface area contributed by atoms with Gasteiger partial charge in [0.1, 0.15) is 0 Å². The molecular formula is C18H24N2O5S. The topological polar surface area (TPSA) is 88.1 Å². The Balaban J connectivity index is 2.09. The van der Waals surface area contributed by atoms with E-state index in [1.165, 1.54) is 32.4 Å². The molecule has 0 amide bonds. The number of hydrogen-bond donors (Lipinski definition) is 2. The summed E-state index contributed by atoms with van der Waals surface area (Å²) in [5, 5.41) is 10.3. The molecule has 0 bridgehead atoms. The fourth-order valence-corrected chi connectivity index (χ4v) is 3.42. The number of hydrogen-bond acceptors (Lipinski definition) is 6. The fourth-order valence-electron chi connectivity index (χ4n) is 2.37. The number of rotatable bonds is 8. The second-order valence-electron chi connectivity index (χ2n) is 5.87. The summed E-state index contributed by atoms with van der Waals surface area (Å²) in [6.07, 6.45) is -0.957. The highest BCUT2D eigenvalue weighted by molar-refractivity contribution is 7.89. The van der Waals surface area contributed by atoms with Crippen LogP contribution in [0.1, 0.15) is 11.7 Å². The van der Waals surface area contributed by atoms with Gasteiger partial charge in [0.25, 0.3) is 0 Å². The zero-order chi connectivity index (χ0) is 19.3. The standard InChI is InChI=1S/C18H24N2O5S/c1-20(2)14-7-5-13(6-8-14)16(21)12-19-26(22,23)15-9-10-17(24-3)18(11-15)25-4/h5-11,16,19,21H,12H2,1-4H3/t16-/m0/s1. The van der Waals surface area contributed by atoms with Gasteiger partial charge in [-0.15, -0.1) is 0 Å². The molecule has 2 aromatic rings. The molecule has 0 aliphatic carbocycles. The minimum absolute atomic E-state index is 0.0327. The molecule has 0 radical (unpaired) electrons. The summed E-state index contributed by atoms with van der Waals surface area (Å²) in [5.74, 6) is 0.752. The maximum absolute atomic E-state index is 12.5. The molecule has 142 valence electrons. The summed E-state index contributed by atoms with van der Waals surface area (Å²) in [6, 6.07) is 11.6. The number of nitrogens with one attached hydrogen (secondary N) is 1. The molecule has 8 heteroatoms. The largest absolute Gasteiger partial charge is 0.493 e. The van der Waals surface area contributed by atoms with Crippen LogP contribution in [0.4, 0.5) is 5.69 Å². The van der Waals surface area contributed by atoms with Crippen LogP contribution in [0, 0.1) is 0 Å². The first-order valence-corrected chi connectivity index (χ1v) is 9.44. The average molecular weight is 380 g/mol. The smallest absolute Gasteiger partial charge is 0.240 e. The average Bonchev–Trinajstić information content (AvgIpc) is 2.65. The minimum atomic E-state index is -3.80. The maximum Gasteiger partial charge on any atom is 0.240 e. The van der Waals surface area contributed by atoms with Gasteiger partial charge in [0.05, 0.1) is 25.2 Å². The van der Waals surface area contributed by atoms with Gasteiger partial charge in [-0.25, -0.2) is 13.1 Å². The van der Waals surface area contributed by atoms with Crippen LogP contribution in [-0.2, 0) is 10.0 Å². The van der Waals surface area contributed by atoms with Crippen molar-refractivity contribution >= 4 is 15.7 Å². The monoisotopic (exact) mass is 380 g/mol. The van der Waals surface area contributed by atoms with Crippen LogP contribution in [0.3, 0.4) is 0 Å². The predicted octanol–water partition coefficient (Wildman–Crippen LogP) is 1.78. The highest BCUT2D eigenvalue weighted by atomic mass is 32.2. The molecule has 0 saturated carbocycles. The highest BCUT2D eigenvalue weighted by Crippen LogP contribution is 2.29. The van der Waals surface area contributed by atoms with Gasteiger partial charge in [-0.2, -0.15) is 0 Å². The van der Waals surface area contributed by atoms with Crippen LogP contribution in [0.5, 0.6) is 11.5 Å². The third kappa shape index (κ3) is 4.66. The Bertz CT molecular complexity index is 835. The Labute approximate surface area is 154 Å². The van der Waals surface area contributed by atoms with Crippen molar-refractivity contribution in [3.8, 4) is 11.5 Å². The number of aliphatic hydroxyl groups is 1. The third-order valence-corrected chi connectivity index (χ3v) is 5.35. The quantitative estimate of drug-likeness (QED) is 0.726. The van der Waals surface area contributed by atoms with E-state index in [9.17, 15) is 13.5 Å². The van der Waals surface area contributed by atoms with Gasteiger partial charge in [-0.3, -0.25) is 0 Å². The van der Waals surface area contributed by atoms with Gasteiger partial charge in [0, 0.05) is 32.4 Å². The van der Waals surface area contributed by atoms with E-state index >= 15 is 0 Å². The molecule has 0 aromatic heterocycles. The zero-order valence-corrected chi connectivity index (χ0v) is 16.1. The fraction of sp³-hybridized carbons (Fsp3) is 0.333. The minimum Gasteiger partial charge on any atom is -0.493 e. The van der Waals surface area contributed by atoms with Crippen molar-refractivity contribution in [3.63, 3.8) is 0 Å². The van der Waals surface area contributed by atoms with E-state index in [4.69, 9.17) is 9.47 Å². The lowest BCUT2D eigenvalue weighted by atomic mass is 10.1. The SMILES string of the molecule is COc1ccc(S(=O)(=O)NC[C@H](O)c2ccc(N(C)C)cc2)cc1OC. The summed E-state index contributed by atoms with van der Waals surface area (Å²) in [5.41, 5.74) is 1.62. The molecule has 2 aromatic carbocycles. The van der Waals surface area contributed by atoms with E-state index in [0.29, 0.717) is 17.1 Å². The molecule has 1 atom stereocenters. The van der Waals surface area contributed by atoms with Crippen LogP contribution in [0.2, 0.25) is 0 Å². The lowest BCUT2D eigenvalue weighted by molar-refractivity contribution is 0.182. The number of aliphatic hydroxyl groups excluding tert-OH is 1. The van der Waals surface area contributed by atoms with Gasteiger partial charge in [-0.05, 0) is 29.8 Å². The van der Waals surface area contributed by atoms with Gasteiger partial charge >= 0.3 is 0 Å². The Morgan fingerprint density at radius 2 is 1.65 bits per heavy atom. The van der Waals surface area contributed by atoms with Crippen molar-refractivity contribution in [2.24, 2.45) is 0 Å². The van der Waals surface area contributed by atoms with E-state index < -0.39 is 16.1 Å². The van der Waals surface area contributed by atoms with E-state index in [-0.39, 0.29) is 11.4 Å². The molecule has 0 unspecified atom stereocenters. The molecule has 2 N–H and O–H groups in total. The van der Waals surface area contributed by atoms with Crippen molar-refractivity contribution in [1.29, 1.82) is 0 Å². The van der Waals surface area contributed by atoms with Crippen molar-refractivity contribution in [2.45, 2.75) is 11.0 Å². The summed E-state index contributed by atoms with van der Waals surface area (Å²) >= 11 is 0. The van der Waals surface area contributed by atoms with Crippen LogP contribution in [-0.4, -0.2) is 48.4 Å². The van der Waals surface area contributed by atoms with Gasteiger partial charge in [-0.1, -0.05) is 12.1 Å². The van der Waals surface area contributed by atoms with Crippen LogP contribution in [0.25, 0.3) is 0 Å². The second-order valence-corrected chi connectivity index (χ2v) is 7.64. The number of nitrogens with zero attached hydrogens (tertiary/aromatic N) is 1. The van der Waals surface area contributed by atoms with Crippen molar-refractivity contribution in [2.75, 3.05) is 39.8 Å². The van der Waals surface area contributed by atoms with E-state index in [0.717, 1.165) is 5.69 Å². The van der Waals surface area contributed by atoms with Crippen LogP contribution >= 0.6 is 0 Å². The first kappa shape index (κ1) is 20.0. The highest BCUT2D eigenvalue weighted by Gasteiger charge is 2.19. The molecule has 26 heavy (non-hydrogen) atoms. The van der Waals surface area contributed by atoms with Crippen molar-refractivity contribution in [1.82, 2.24) is 4.72 Å². The van der Waals surface area contributed by atoms with Gasteiger partial charge < -0.3 is 19.5 Å². The summed E-state index contributed by atoms with van der Waals surface area (Å²) < 4.78 is 37.6. The number of anilines is 1. The van der Waals surface area contributed by atoms with E-state index in [1.807, 2.05) is 31.1 Å². The van der Waals surface area contributed by atoms with Crippen LogP contribution in [0.15, 0.2) is 47.4 Å². The maximum atomic E-state index is 12.5. The third-order valence-electron chi connectivity index (χ3n) is 3.93. The first-order chi connectivity index (χ1) is 12.3. The van der Waals surface area contributed by atoms with Crippen LogP contribution < -0.4 is 19.1 Å². The lowest BCUT2D eigenvalue weighted by Gasteiger charge is -2.16. The molecule has 0 fully saturated rings. The second kappa shape index (κ2) is 8.39. The number of ether oxygens (including phenoxy) is 2. The molecule has 0 aliphatic rings. The first-order valence-electron chi connectivity index (χ1n) is 7.95. The number of sulfonamides is 1. The predicted molar refractivity (Wildman–Crippen MR) is 100 cm³/mol. The Kier molecular flexibility index (Phi) is 6.47.